The molecule has 0 N–H and O–H groups in total. The highest BCUT2D eigenvalue weighted by Crippen LogP contribution is 2.31. The molecule has 0 saturated heterocycles. The number of benzene rings is 3. The summed E-state index contributed by atoms with van der Waals surface area (Å²) in [6.07, 6.45) is 10.6. The van der Waals surface area contributed by atoms with Crippen LogP contribution in [0, 0.1) is 55.4 Å². The number of aryl methyl sites for hydroxylation is 12. The predicted octanol–water partition coefficient (Wildman–Crippen LogP) is 9.20. The van der Waals surface area contributed by atoms with Crippen LogP contribution >= 0.6 is 0 Å². The van der Waals surface area contributed by atoms with Crippen LogP contribution in [0.5, 0.6) is 0 Å². The van der Waals surface area contributed by atoms with Gasteiger partial charge in [0.1, 0.15) is 21.1 Å². The van der Waals surface area contributed by atoms with Crippen LogP contribution in [0.4, 0.5) is 0 Å². The van der Waals surface area contributed by atoms with Crippen molar-refractivity contribution in [3.05, 3.63) is 158 Å². The van der Waals surface area contributed by atoms with Crippen LogP contribution < -0.4 is 13.7 Å². The van der Waals surface area contributed by atoms with Gasteiger partial charge < -0.3 is 0 Å². The summed E-state index contributed by atoms with van der Waals surface area (Å²) in [5.41, 5.74) is 24.2. The normalized spacial score (nSPS) is 11.4. The molecule has 3 nitrogen and oxygen atoms in total. The van der Waals surface area contributed by atoms with Crippen molar-refractivity contribution in [2.45, 2.75) is 81.1 Å². The van der Waals surface area contributed by atoms with Gasteiger partial charge in [0.25, 0.3) is 0 Å². The first-order valence-corrected chi connectivity index (χ1v) is 18.5. The summed E-state index contributed by atoms with van der Waals surface area (Å²) in [6.45, 7) is 18.0. The van der Waals surface area contributed by atoms with E-state index in [0.29, 0.717) is 0 Å². The van der Waals surface area contributed by atoms with Gasteiger partial charge in [-0.3, -0.25) is 0 Å². The fourth-order valence-corrected chi connectivity index (χ4v) is 7.85. The molecular formula is C48H56N3+3. The Labute approximate surface area is 306 Å². The predicted molar refractivity (Wildman–Crippen MR) is 212 cm³/mol. The molecule has 3 heterocycles. The molecule has 260 valence electrons. The highest BCUT2D eigenvalue weighted by atomic mass is 14.9. The first-order valence-electron chi connectivity index (χ1n) is 18.5. The van der Waals surface area contributed by atoms with Crippen molar-refractivity contribution >= 4 is 0 Å². The molecule has 0 saturated carbocycles. The number of rotatable bonds is 9. The molecule has 0 atom stereocenters. The Morgan fingerprint density at radius 2 is 1.00 bits per heavy atom. The minimum Gasteiger partial charge on any atom is -0.201 e. The van der Waals surface area contributed by atoms with Crippen LogP contribution in [0.1, 0.15) is 66.8 Å². The van der Waals surface area contributed by atoms with Crippen LogP contribution in [0.2, 0.25) is 0 Å². The van der Waals surface area contributed by atoms with E-state index in [2.05, 4.69) is 182 Å². The summed E-state index contributed by atoms with van der Waals surface area (Å²) in [5.74, 6) is 0. The molecule has 6 aromatic rings. The Hall–Kier alpha value is -4.89. The first kappa shape index (κ1) is 35.9. The quantitative estimate of drug-likeness (QED) is 0.136. The smallest absolute Gasteiger partial charge is 0.201 e. The van der Waals surface area contributed by atoms with Crippen molar-refractivity contribution < 1.29 is 13.7 Å². The van der Waals surface area contributed by atoms with Crippen molar-refractivity contribution in [2.24, 2.45) is 21.1 Å². The molecule has 0 radical (unpaired) electrons. The third-order valence-electron chi connectivity index (χ3n) is 11.2. The van der Waals surface area contributed by atoms with Gasteiger partial charge in [0.05, 0.1) is 0 Å². The molecular weight excluding hydrogens is 619 g/mol. The fourth-order valence-electron chi connectivity index (χ4n) is 7.85. The second-order valence-corrected chi connectivity index (χ2v) is 15.1. The molecule has 6 rings (SSSR count). The maximum absolute atomic E-state index is 2.50. The number of hydrogen-bond donors (Lipinski definition) is 0. The molecule has 0 aliphatic carbocycles. The van der Waals surface area contributed by atoms with Crippen LogP contribution in [0.15, 0.2) is 91.4 Å². The number of pyridine rings is 3. The zero-order valence-corrected chi connectivity index (χ0v) is 32.8. The lowest BCUT2D eigenvalue weighted by Crippen LogP contribution is -2.31. The van der Waals surface area contributed by atoms with E-state index in [0.717, 1.165) is 25.7 Å². The zero-order chi connectivity index (χ0) is 36.6. The van der Waals surface area contributed by atoms with E-state index in [1.165, 1.54) is 101 Å². The van der Waals surface area contributed by atoms with Gasteiger partial charge in [-0.25, -0.2) is 13.7 Å². The Balaban J connectivity index is 1.36. The van der Waals surface area contributed by atoms with Gasteiger partial charge in [-0.05, 0) is 167 Å². The largest absolute Gasteiger partial charge is 0.212 e. The van der Waals surface area contributed by atoms with Gasteiger partial charge in [0.2, 0.25) is 17.1 Å². The van der Waals surface area contributed by atoms with E-state index in [-0.39, 0.29) is 0 Å². The summed E-state index contributed by atoms with van der Waals surface area (Å²) in [6, 6.07) is 27.9. The Morgan fingerprint density at radius 1 is 0.412 bits per heavy atom. The van der Waals surface area contributed by atoms with E-state index >= 15 is 0 Å². The lowest BCUT2D eigenvalue weighted by atomic mass is 9.88. The molecule has 51 heavy (non-hydrogen) atoms. The summed E-state index contributed by atoms with van der Waals surface area (Å²) < 4.78 is 6.81. The van der Waals surface area contributed by atoms with Gasteiger partial charge in [0, 0.05) is 52.1 Å². The van der Waals surface area contributed by atoms with Crippen molar-refractivity contribution in [3.8, 4) is 33.8 Å². The standard InChI is InChI=1S/C48H56N3/c1-31-15-20-47(50(10)29-31)45-28-40(17-18-41-22-32(2)23-43(37(41)7)46-14-12-13-21-49(46)9)26-42(38(45)8)19-16-39-24-34(4)36(6)44(27-39)48-25-33(3)35(5)30-51(48)11/h12-15,20-30H,16-19H2,1-11H3/q+3. The van der Waals surface area contributed by atoms with E-state index < -0.39 is 0 Å². The maximum Gasteiger partial charge on any atom is 0.212 e. The van der Waals surface area contributed by atoms with Gasteiger partial charge in [-0.15, -0.1) is 0 Å². The Kier molecular flexibility index (Phi) is 10.4. The molecule has 3 aromatic heterocycles. The molecule has 0 aliphatic heterocycles. The fraction of sp³-hybridized carbons (Fsp3) is 0.312. The summed E-state index contributed by atoms with van der Waals surface area (Å²) in [4.78, 5) is 0. The lowest BCUT2D eigenvalue weighted by Gasteiger charge is -2.16. The molecule has 0 aliphatic rings. The van der Waals surface area contributed by atoms with Gasteiger partial charge in [-0.1, -0.05) is 18.2 Å². The highest BCUT2D eigenvalue weighted by molar-refractivity contribution is 5.67. The first-order chi connectivity index (χ1) is 24.3. The molecule has 0 amide bonds. The van der Waals surface area contributed by atoms with Gasteiger partial charge in [0.15, 0.2) is 18.6 Å². The van der Waals surface area contributed by atoms with Crippen LogP contribution in [0.25, 0.3) is 33.8 Å². The van der Waals surface area contributed by atoms with Crippen molar-refractivity contribution in [3.63, 3.8) is 0 Å². The van der Waals surface area contributed by atoms with E-state index in [1.54, 1.807) is 0 Å². The van der Waals surface area contributed by atoms with Crippen LogP contribution in [-0.4, -0.2) is 0 Å². The molecule has 3 heteroatoms. The molecule has 3 aromatic carbocycles. The van der Waals surface area contributed by atoms with Crippen molar-refractivity contribution in [2.75, 3.05) is 0 Å². The number of aromatic nitrogens is 3. The van der Waals surface area contributed by atoms with Gasteiger partial charge >= 0.3 is 0 Å². The SMILES string of the molecule is Cc1cc(CCc2cc(CCc3cc(C)c(C)c(-c4cc(C)c(C)c[n+]4C)c3)c(C)c(-c3ccc(C)c[n+]3C)c2)c(C)c(-c2cccc[n+]2C)c1. The van der Waals surface area contributed by atoms with Crippen molar-refractivity contribution in [1.82, 2.24) is 0 Å². The molecule has 0 bridgehead atoms. The summed E-state index contributed by atoms with van der Waals surface area (Å²) >= 11 is 0. The Bertz CT molecular complexity index is 2270. The second-order valence-electron chi connectivity index (χ2n) is 15.1. The zero-order valence-electron chi connectivity index (χ0n) is 32.8. The lowest BCUT2D eigenvalue weighted by molar-refractivity contribution is -0.660. The van der Waals surface area contributed by atoms with Crippen LogP contribution in [0.3, 0.4) is 0 Å². The van der Waals surface area contributed by atoms with Crippen LogP contribution in [-0.2, 0) is 46.8 Å². The molecule has 0 fully saturated rings. The molecule has 0 unspecified atom stereocenters. The average Bonchev–Trinajstić information content (AvgIpc) is 3.08. The number of nitrogens with zero attached hydrogens (tertiary/aromatic N) is 3. The third kappa shape index (κ3) is 7.59. The van der Waals surface area contributed by atoms with E-state index in [9.17, 15) is 0 Å². The Morgan fingerprint density at radius 3 is 1.67 bits per heavy atom. The topological polar surface area (TPSA) is 11.6 Å². The minimum atomic E-state index is 0.998. The average molecular weight is 675 g/mol. The van der Waals surface area contributed by atoms with Crippen molar-refractivity contribution in [1.29, 1.82) is 0 Å². The highest BCUT2D eigenvalue weighted by Gasteiger charge is 2.20. The minimum absolute atomic E-state index is 0.998. The van der Waals surface area contributed by atoms with E-state index in [4.69, 9.17) is 0 Å². The summed E-state index contributed by atoms with van der Waals surface area (Å²) in [7, 11) is 6.49. The third-order valence-corrected chi connectivity index (χ3v) is 11.2. The molecule has 0 spiro atoms. The van der Waals surface area contributed by atoms with Gasteiger partial charge in [-0.2, -0.15) is 0 Å². The van der Waals surface area contributed by atoms with E-state index in [1.807, 2.05) is 0 Å². The summed E-state index contributed by atoms with van der Waals surface area (Å²) in [5, 5.41) is 0. The monoisotopic (exact) mass is 674 g/mol. The maximum atomic E-state index is 2.50. The number of hydrogen-bond acceptors (Lipinski definition) is 0. The second kappa shape index (κ2) is 14.8.